The minimum atomic E-state index is 0. The molecule has 0 amide bonds. The summed E-state index contributed by atoms with van der Waals surface area (Å²) in [6.45, 7) is 3.09. The van der Waals surface area contributed by atoms with Gasteiger partial charge in [-0.1, -0.05) is 28.9 Å². The van der Waals surface area contributed by atoms with Crippen molar-refractivity contribution in [3.05, 3.63) is 35.7 Å². The van der Waals surface area contributed by atoms with Crippen molar-refractivity contribution < 1.29 is 4.52 Å². The topological polar surface area (TPSA) is 51.0 Å². The van der Waals surface area contributed by atoms with Gasteiger partial charge in [-0.3, -0.25) is 0 Å². The van der Waals surface area contributed by atoms with Gasteiger partial charge in [0.15, 0.2) is 0 Å². The molecule has 1 aromatic carbocycles. The quantitative estimate of drug-likeness (QED) is 0.907. The van der Waals surface area contributed by atoms with E-state index >= 15 is 0 Å². The Balaban J connectivity index is 0.00000120. The normalized spacial score (nSPS) is 18.6. The maximum Gasteiger partial charge on any atom is 0.244 e. The van der Waals surface area contributed by atoms with E-state index in [4.69, 9.17) is 4.52 Å². The van der Waals surface area contributed by atoms with Crippen LogP contribution in [-0.2, 0) is 0 Å². The number of nitrogens with one attached hydrogen (secondary N) is 1. The van der Waals surface area contributed by atoms with Gasteiger partial charge < -0.3 is 9.84 Å². The molecule has 96 valence electrons. The molecule has 0 radical (unpaired) electrons. The molecule has 4 nitrogen and oxygen atoms in total. The van der Waals surface area contributed by atoms with Crippen molar-refractivity contribution in [2.45, 2.75) is 25.8 Å². The van der Waals surface area contributed by atoms with Gasteiger partial charge in [0.1, 0.15) is 0 Å². The summed E-state index contributed by atoms with van der Waals surface area (Å²) in [7, 11) is 0. The molecule has 2 aromatic rings. The predicted octanol–water partition coefficient (Wildman–Crippen LogP) is 2.89. The van der Waals surface area contributed by atoms with Crippen LogP contribution >= 0.6 is 12.4 Å². The van der Waals surface area contributed by atoms with Crippen molar-refractivity contribution in [2.75, 3.05) is 6.54 Å². The number of hydrogen-bond acceptors (Lipinski definition) is 4. The van der Waals surface area contributed by atoms with Crippen molar-refractivity contribution >= 4 is 12.4 Å². The molecule has 0 bridgehead atoms. The van der Waals surface area contributed by atoms with Gasteiger partial charge in [0.25, 0.3) is 0 Å². The second kappa shape index (κ2) is 5.50. The average Bonchev–Trinajstić information content (AvgIpc) is 3.00. The molecule has 5 heteroatoms. The van der Waals surface area contributed by atoms with Crippen LogP contribution in [0.3, 0.4) is 0 Å². The molecule has 1 aliphatic heterocycles. The van der Waals surface area contributed by atoms with E-state index in [2.05, 4.69) is 34.5 Å². The maximum absolute atomic E-state index is 5.32. The van der Waals surface area contributed by atoms with E-state index in [0.717, 1.165) is 18.5 Å². The molecule has 1 unspecified atom stereocenters. The fraction of sp³-hybridized carbons (Fsp3) is 0.385. The van der Waals surface area contributed by atoms with Crippen LogP contribution in [0.2, 0.25) is 0 Å². The summed E-state index contributed by atoms with van der Waals surface area (Å²) in [6, 6.07) is 8.37. The van der Waals surface area contributed by atoms with Crippen LogP contribution in [0.4, 0.5) is 0 Å². The summed E-state index contributed by atoms with van der Waals surface area (Å²) in [5.41, 5.74) is 2.21. The summed E-state index contributed by atoms with van der Waals surface area (Å²) < 4.78 is 5.32. The van der Waals surface area contributed by atoms with Crippen LogP contribution in [0, 0.1) is 6.92 Å². The zero-order valence-corrected chi connectivity index (χ0v) is 11.0. The fourth-order valence-corrected chi connectivity index (χ4v) is 2.17. The number of rotatable bonds is 2. The number of aromatic nitrogens is 2. The Kier molecular flexibility index (Phi) is 3.99. The van der Waals surface area contributed by atoms with E-state index in [0.29, 0.717) is 11.7 Å². The van der Waals surface area contributed by atoms with Crippen molar-refractivity contribution in [2.24, 2.45) is 0 Å². The smallest absolute Gasteiger partial charge is 0.244 e. The minimum absolute atomic E-state index is 0. The maximum atomic E-state index is 5.32. The standard InChI is InChI=1S/C13H15N3O.ClH/c1-9-4-2-5-10(8-9)12-15-13(17-16-12)11-6-3-7-14-11;/h2,4-5,8,11,14H,3,6-7H2,1H3;1H. The van der Waals surface area contributed by atoms with Gasteiger partial charge in [-0.05, 0) is 32.4 Å². The highest BCUT2D eigenvalue weighted by Gasteiger charge is 2.22. The average molecular weight is 266 g/mol. The summed E-state index contributed by atoms with van der Waals surface area (Å²) in [4.78, 5) is 4.46. The molecule has 1 atom stereocenters. The van der Waals surface area contributed by atoms with Crippen LogP contribution in [0.1, 0.15) is 30.3 Å². The number of aryl methyl sites for hydroxylation is 1. The number of benzene rings is 1. The summed E-state index contributed by atoms with van der Waals surface area (Å²) in [5, 5.41) is 7.40. The van der Waals surface area contributed by atoms with E-state index in [9.17, 15) is 0 Å². The van der Waals surface area contributed by atoms with Crippen LogP contribution in [0.5, 0.6) is 0 Å². The molecule has 2 heterocycles. The molecular weight excluding hydrogens is 250 g/mol. The first-order valence-corrected chi connectivity index (χ1v) is 5.97. The van der Waals surface area contributed by atoms with Gasteiger partial charge in [-0.15, -0.1) is 12.4 Å². The first-order chi connectivity index (χ1) is 8.33. The van der Waals surface area contributed by atoms with Gasteiger partial charge >= 0.3 is 0 Å². The Morgan fingerprint density at radius 3 is 3.00 bits per heavy atom. The summed E-state index contributed by atoms with van der Waals surface area (Å²) in [6.07, 6.45) is 2.25. The minimum Gasteiger partial charge on any atom is -0.337 e. The Morgan fingerprint density at radius 2 is 2.28 bits per heavy atom. The number of hydrogen-bond donors (Lipinski definition) is 1. The molecule has 0 spiro atoms. The summed E-state index contributed by atoms with van der Waals surface area (Å²) >= 11 is 0. The molecule has 1 saturated heterocycles. The SMILES string of the molecule is Cc1cccc(-c2noc(C3CCCN3)n2)c1.Cl. The third kappa shape index (κ3) is 2.54. The van der Waals surface area contributed by atoms with E-state index in [1.54, 1.807) is 0 Å². The van der Waals surface area contributed by atoms with Crippen LogP contribution in [0.25, 0.3) is 11.4 Å². The van der Waals surface area contributed by atoms with Gasteiger partial charge in [0, 0.05) is 5.56 Å². The molecule has 18 heavy (non-hydrogen) atoms. The second-order valence-electron chi connectivity index (χ2n) is 4.47. The molecule has 1 aliphatic rings. The number of halogens is 1. The highest BCUT2D eigenvalue weighted by Crippen LogP contribution is 2.24. The van der Waals surface area contributed by atoms with Crippen molar-refractivity contribution in [3.8, 4) is 11.4 Å². The van der Waals surface area contributed by atoms with Crippen LogP contribution < -0.4 is 5.32 Å². The molecule has 0 aliphatic carbocycles. The van der Waals surface area contributed by atoms with Crippen molar-refractivity contribution in [1.29, 1.82) is 0 Å². The summed E-state index contributed by atoms with van der Waals surface area (Å²) in [5.74, 6) is 1.39. The van der Waals surface area contributed by atoms with E-state index in [-0.39, 0.29) is 18.4 Å². The van der Waals surface area contributed by atoms with E-state index < -0.39 is 0 Å². The van der Waals surface area contributed by atoms with Gasteiger partial charge in [0.05, 0.1) is 6.04 Å². The third-order valence-electron chi connectivity index (χ3n) is 3.08. The molecule has 1 N–H and O–H groups in total. The molecule has 3 rings (SSSR count). The van der Waals surface area contributed by atoms with E-state index in [1.807, 2.05) is 12.1 Å². The monoisotopic (exact) mass is 265 g/mol. The lowest BCUT2D eigenvalue weighted by Gasteiger charge is -2.01. The lowest BCUT2D eigenvalue weighted by atomic mass is 10.1. The number of nitrogens with zero attached hydrogens (tertiary/aromatic N) is 2. The molecule has 1 fully saturated rings. The first-order valence-electron chi connectivity index (χ1n) is 5.97. The molecule has 0 saturated carbocycles. The Bertz CT molecular complexity index is 520. The van der Waals surface area contributed by atoms with Gasteiger partial charge in [-0.25, -0.2) is 0 Å². The lowest BCUT2D eigenvalue weighted by Crippen LogP contribution is -2.12. The van der Waals surface area contributed by atoms with E-state index in [1.165, 1.54) is 12.0 Å². The zero-order valence-electron chi connectivity index (χ0n) is 10.2. The van der Waals surface area contributed by atoms with Crippen molar-refractivity contribution in [3.63, 3.8) is 0 Å². The molecular formula is C13H16ClN3O. The Labute approximate surface area is 112 Å². The van der Waals surface area contributed by atoms with Crippen LogP contribution in [-0.4, -0.2) is 16.7 Å². The first kappa shape index (κ1) is 13.1. The van der Waals surface area contributed by atoms with Gasteiger partial charge in [-0.2, -0.15) is 4.98 Å². The highest BCUT2D eigenvalue weighted by atomic mass is 35.5. The zero-order chi connectivity index (χ0) is 11.7. The second-order valence-corrected chi connectivity index (χ2v) is 4.47. The highest BCUT2D eigenvalue weighted by molar-refractivity contribution is 5.85. The predicted molar refractivity (Wildman–Crippen MR) is 71.7 cm³/mol. The third-order valence-corrected chi connectivity index (χ3v) is 3.08. The fourth-order valence-electron chi connectivity index (χ4n) is 2.17. The largest absolute Gasteiger partial charge is 0.337 e. The molecule has 1 aromatic heterocycles. The Hall–Kier alpha value is -1.39. The Morgan fingerprint density at radius 1 is 1.39 bits per heavy atom. The van der Waals surface area contributed by atoms with Crippen LogP contribution in [0.15, 0.2) is 28.8 Å². The van der Waals surface area contributed by atoms with Crippen molar-refractivity contribution in [1.82, 2.24) is 15.5 Å². The lowest BCUT2D eigenvalue weighted by molar-refractivity contribution is 0.345. The van der Waals surface area contributed by atoms with Gasteiger partial charge in [0.2, 0.25) is 11.7 Å².